The summed E-state index contributed by atoms with van der Waals surface area (Å²) >= 11 is 0. The lowest BCUT2D eigenvalue weighted by molar-refractivity contribution is 0.166. The Labute approximate surface area is 89.2 Å². The fourth-order valence-electron chi connectivity index (χ4n) is 1.86. The molecule has 0 aromatic heterocycles. The minimum Gasteiger partial charge on any atom is -0.388 e. The number of fused-ring (bicyclic) bond motifs is 1. The second-order valence-corrected chi connectivity index (χ2v) is 5.61. The molecule has 1 aliphatic rings. The molecule has 1 heterocycles. The minimum absolute atomic E-state index is 0.344. The highest BCUT2D eigenvalue weighted by molar-refractivity contribution is 7.92. The van der Waals surface area contributed by atoms with Gasteiger partial charge >= 0.3 is 0 Å². The van der Waals surface area contributed by atoms with Gasteiger partial charge in [-0.3, -0.25) is 4.31 Å². The number of sulfonamides is 1. The number of hydrogen-bond acceptors (Lipinski definition) is 3. The van der Waals surface area contributed by atoms with E-state index in [0.717, 1.165) is 0 Å². The van der Waals surface area contributed by atoms with Gasteiger partial charge in [0.25, 0.3) is 0 Å². The second-order valence-electron chi connectivity index (χ2n) is 3.70. The standard InChI is InChI=1S/C10H13NO3S/c1-15(13,14)11-7-6-10(12)8-4-2-3-5-9(8)11/h2-5,10,12H,6-7H2,1H3/t10-/m1/s1. The molecule has 5 heteroatoms. The summed E-state index contributed by atoms with van der Waals surface area (Å²) in [6.45, 7) is 0.344. The Morgan fingerprint density at radius 3 is 2.73 bits per heavy atom. The molecule has 1 atom stereocenters. The van der Waals surface area contributed by atoms with Crippen LogP contribution in [-0.4, -0.2) is 26.3 Å². The first kappa shape index (κ1) is 10.4. The van der Waals surface area contributed by atoms with E-state index in [1.807, 2.05) is 0 Å². The summed E-state index contributed by atoms with van der Waals surface area (Å²) in [5.41, 5.74) is 1.29. The molecule has 0 bridgehead atoms. The maximum absolute atomic E-state index is 11.5. The van der Waals surface area contributed by atoms with E-state index in [4.69, 9.17) is 0 Å². The first-order chi connectivity index (χ1) is 7.00. The Balaban J connectivity index is 2.54. The monoisotopic (exact) mass is 227 g/mol. The first-order valence-corrected chi connectivity index (χ1v) is 6.59. The van der Waals surface area contributed by atoms with Gasteiger partial charge in [-0.2, -0.15) is 0 Å². The number of benzene rings is 1. The van der Waals surface area contributed by atoms with Gasteiger partial charge in [0, 0.05) is 12.1 Å². The van der Waals surface area contributed by atoms with Gasteiger partial charge in [-0.1, -0.05) is 18.2 Å². The van der Waals surface area contributed by atoms with E-state index >= 15 is 0 Å². The number of aliphatic hydroxyl groups is 1. The van der Waals surface area contributed by atoms with Gasteiger partial charge in [-0.05, 0) is 12.5 Å². The van der Waals surface area contributed by atoms with Gasteiger partial charge in [0.15, 0.2) is 0 Å². The summed E-state index contributed by atoms with van der Waals surface area (Å²) in [6, 6.07) is 7.05. The lowest BCUT2D eigenvalue weighted by Crippen LogP contribution is -2.35. The third-order valence-electron chi connectivity index (χ3n) is 2.57. The summed E-state index contributed by atoms with van der Waals surface area (Å²) in [6.07, 6.45) is 1.07. The molecule has 0 aliphatic carbocycles. The molecule has 0 spiro atoms. The van der Waals surface area contributed by atoms with Crippen LogP contribution in [0, 0.1) is 0 Å². The molecule has 2 rings (SSSR count). The molecule has 0 radical (unpaired) electrons. The summed E-state index contributed by atoms with van der Waals surface area (Å²) in [7, 11) is -3.24. The third kappa shape index (κ3) is 1.85. The number of nitrogens with zero attached hydrogens (tertiary/aromatic N) is 1. The van der Waals surface area contributed by atoms with Gasteiger partial charge in [0.1, 0.15) is 0 Å². The molecular formula is C10H13NO3S. The van der Waals surface area contributed by atoms with E-state index in [1.54, 1.807) is 24.3 Å². The quantitative estimate of drug-likeness (QED) is 0.775. The molecule has 1 aromatic carbocycles. The van der Waals surface area contributed by atoms with Crippen LogP contribution in [0.1, 0.15) is 18.1 Å². The van der Waals surface area contributed by atoms with Gasteiger partial charge in [0.2, 0.25) is 10.0 Å². The van der Waals surface area contributed by atoms with Crippen LogP contribution in [0.25, 0.3) is 0 Å². The van der Waals surface area contributed by atoms with Crippen LogP contribution in [0.3, 0.4) is 0 Å². The Morgan fingerprint density at radius 1 is 1.40 bits per heavy atom. The molecule has 0 amide bonds. The highest BCUT2D eigenvalue weighted by Crippen LogP contribution is 2.34. The number of aliphatic hydroxyl groups excluding tert-OH is 1. The smallest absolute Gasteiger partial charge is 0.232 e. The topological polar surface area (TPSA) is 57.6 Å². The molecule has 0 saturated heterocycles. The predicted octanol–water partition coefficient (Wildman–Crippen LogP) is 0.890. The Hall–Kier alpha value is -1.07. The molecule has 1 aliphatic heterocycles. The fourth-order valence-corrected chi connectivity index (χ4v) is 2.82. The fraction of sp³-hybridized carbons (Fsp3) is 0.400. The molecule has 82 valence electrons. The molecule has 4 nitrogen and oxygen atoms in total. The maximum atomic E-state index is 11.5. The van der Waals surface area contributed by atoms with Crippen LogP contribution in [0.4, 0.5) is 5.69 Å². The van der Waals surface area contributed by atoms with Crippen molar-refractivity contribution in [2.75, 3.05) is 17.1 Å². The number of hydrogen-bond donors (Lipinski definition) is 1. The van der Waals surface area contributed by atoms with Crippen molar-refractivity contribution < 1.29 is 13.5 Å². The van der Waals surface area contributed by atoms with E-state index < -0.39 is 16.1 Å². The van der Waals surface area contributed by atoms with Crippen LogP contribution >= 0.6 is 0 Å². The molecule has 0 saturated carbocycles. The zero-order valence-corrected chi connectivity index (χ0v) is 9.24. The van der Waals surface area contributed by atoms with Gasteiger partial charge < -0.3 is 5.11 Å². The predicted molar refractivity (Wildman–Crippen MR) is 58.2 cm³/mol. The summed E-state index contributed by atoms with van der Waals surface area (Å²) in [5.74, 6) is 0. The zero-order chi connectivity index (χ0) is 11.1. The van der Waals surface area contributed by atoms with Gasteiger partial charge in [-0.25, -0.2) is 8.42 Å². The van der Waals surface area contributed by atoms with Crippen LogP contribution < -0.4 is 4.31 Å². The third-order valence-corrected chi connectivity index (χ3v) is 3.75. The average molecular weight is 227 g/mol. The molecule has 0 unspecified atom stereocenters. The van der Waals surface area contributed by atoms with Crippen molar-refractivity contribution in [3.05, 3.63) is 29.8 Å². The van der Waals surface area contributed by atoms with E-state index in [1.165, 1.54) is 10.6 Å². The minimum atomic E-state index is -3.24. The lowest BCUT2D eigenvalue weighted by atomic mass is 10.0. The van der Waals surface area contributed by atoms with Crippen molar-refractivity contribution in [2.45, 2.75) is 12.5 Å². The second kappa shape index (κ2) is 3.50. The first-order valence-electron chi connectivity index (χ1n) is 4.75. The number of rotatable bonds is 1. The SMILES string of the molecule is CS(=O)(=O)N1CC[C@@H](O)c2ccccc21. The van der Waals surface area contributed by atoms with Crippen LogP contribution in [0.15, 0.2) is 24.3 Å². The van der Waals surface area contributed by atoms with Crippen LogP contribution in [-0.2, 0) is 10.0 Å². The Bertz CT molecular complexity index is 469. The normalized spacial score (nSPS) is 21.2. The van der Waals surface area contributed by atoms with Gasteiger partial charge in [-0.15, -0.1) is 0 Å². The number of para-hydroxylation sites is 1. The van der Waals surface area contributed by atoms with Gasteiger partial charge in [0.05, 0.1) is 18.0 Å². The largest absolute Gasteiger partial charge is 0.388 e. The van der Waals surface area contributed by atoms with E-state index in [-0.39, 0.29) is 0 Å². The van der Waals surface area contributed by atoms with Crippen LogP contribution in [0.5, 0.6) is 0 Å². The Morgan fingerprint density at radius 2 is 2.07 bits per heavy atom. The molecule has 0 fully saturated rings. The van der Waals surface area contributed by atoms with E-state index in [0.29, 0.717) is 24.2 Å². The molecule has 1 N–H and O–H groups in total. The molecule has 1 aromatic rings. The summed E-state index contributed by atoms with van der Waals surface area (Å²) in [4.78, 5) is 0. The Kier molecular flexibility index (Phi) is 2.44. The van der Waals surface area contributed by atoms with Crippen molar-refractivity contribution >= 4 is 15.7 Å². The van der Waals surface area contributed by atoms with Crippen molar-refractivity contribution in [3.8, 4) is 0 Å². The highest BCUT2D eigenvalue weighted by atomic mass is 32.2. The number of anilines is 1. The van der Waals surface area contributed by atoms with E-state index in [9.17, 15) is 13.5 Å². The van der Waals surface area contributed by atoms with Crippen molar-refractivity contribution in [3.63, 3.8) is 0 Å². The van der Waals surface area contributed by atoms with Crippen LogP contribution in [0.2, 0.25) is 0 Å². The van der Waals surface area contributed by atoms with Crippen molar-refractivity contribution in [1.29, 1.82) is 0 Å². The lowest BCUT2D eigenvalue weighted by Gasteiger charge is -2.31. The summed E-state index contributed by atoms with van der Waals surface area (Å²) in [5, 5.41) is 9.72. The zero-order valence-electron chi connectivity index (χ0n) is 8.42. The molecule has 15 heavy (non-hydrogen) atoms. The highest BCUT2D eigenvalue weighted by Gasteiger charge is 2.27. The molecular weight excluding hydrogens is 214 g/mol. The maximum Gasteiger partial charge on any atom is 0.232 e. The average Bonchev–Trinajstić information content (AvgIpc) is 2.17. The van der Waals surface area contributed by atoms with E-state index in [2.05, 4.69) is 0 Å². The van der Waals surface area contributed by atoms with Crippen molar-refractivity contribution in [1.82, 2.24) is 0 Å². The van der Waals surface area contributed by atoms with Crippen molar-refractivity contribution in [2.24, 2.45) is 0 Å². The summed E-state index contributed by atoms with van der Waals surface area (Å²) < 4.78 is 24.3.